The normalized spacial score (nSPS) is 22.2. The van der Waals surface area contributed by atoms with Gasteiger partial charge >= 0.3 is 0 Å². The third-order valence-electron chi connectivity index (χ3n) is 4.06. The van der Waals surface area contributed by atoms with Crippen molar-refractivity contribution in [3.05, 3.63) is 47.1 Å². The minimum Gasteiger partial charge on any atom is -0.309 e. The smallest absolute Gasteiger partial charge is 0.157 e. The van der Waals surface area contributed by atoms with Crippen LogP contribution in [-0.4, -0.2) is 5.71 Å². The molecule has 2 atom stereocenters. The summed E-state index contributed by atoms with van der Waals surface area (Å²) in [4.78, 5) is 0. The second kappa shape index (κ2) is 6.29. The molecule has 2 rings (SSSR count). The first kappa shape index (κ1) is 14.9. The van der Waals surface area contributed by atoms with Gasteiger partial charge in [-0.25, -0.2) is 8.78 Å². The van der Waals surface area contributed by atoms with Crippen LogP contribution in [0, 0.1) is 17.2 Å². The van der Waals surface area contributed by atoms with Crippen molar-refractivity contribution in [2.24, 2.45) is 11.8 Å². The summed E-state index contributed by atoms with van der Waals surface area (Å²) in [6.07, 6.45) is 10.6. The molecule has 2 aliphatic rings. The Hall–Kier alpha value is -1.51. The summed E-state index contributed by atoms with van der Waals surface area (Å²) in [5, 5.41) is 8.02. The van der Waals surface area contributed by atoms with E-state index >= 15 is 0 Å². The average molecular weight is 277 g/mol. The van der Waals surface area contributed by atoms with Gasteiger partial charge < -0.3 is 5.41 Å². The molecule has 2 unspecified atom stereocenters. The van der Waals surface area contributed by atoms with Crippen LogP contribution in [0.4, 0.5) is 8.78 Å². The van der Waals surface area contributed by atoms with Crippen LogP contribution in [0.5, 0.6) is 0 Å². The number of hydrogen-bond acceptors (Lipinski definition) is 1. The number of hydrogen-bond donors (Lipinski definition) is 1. The molecule has 108 valence electrons. The van der Waals surface area contributed by atoms with E-state index in [1.54, 1.807) is 13.0 Å². The Kier molecular flexibility index (Phi) is 4.69. The topological polar surface area (TPSA) is 23.9 Å². The van der Waals surface area contributed by atoms with E-state index in [4.69, 9.17) is 5.41 Å². The van der Waals surface area contributed by atoms with Crippen molar-refractivity contribution in [3.63, 3.8) is 0 Å². The molecule has 0 aromatic carbocycles. The van der Waals surface area contributed by atoms with Crippen LogP contribution in [0.3, 0.4) is 0 Å². The summed E-state index contributed by atoms with van der Waals surface area (Å²) in [6, 6.07) is 0. The van der Waals surface area contributed by atoms with Crippen molar-refractivity contribution in [2.75, 3.05) is 0 Å². The van der Waals surface area contributed by atoms with E-state index in [9.17, 15) is 8.78 Å². The highest BCUT2D eigenvalue weighted by Gasteiger charge is 2.30. The highest BCUT2D eigenvalue weighted by molar-refractivity contribution is 5.85. The molecule has 0 radical (unpaired) electrons. The minimum absolute atomic E-state index is 0.152. The van der Waals surface area contributed by atoms with Crippen LogP contribution < -0.4 is 0 Å². The van der Waals surface area contributed by atoms with Crippen LogP contribution >= 0.6 is 0 Å². The molecular weight excluding hydrogens is 256 g/mol. The van der Waals surface area contributed by atoms with Gasteiger partial charge in [0.05, 0.1) is 0 Å². The number of rotatable bonds is 4. The predicted octanol–water partition coefficient (Wildman–Crippen LogP) is 5.43. The van der Waals surface area contributed by atoms with Crippen molar-refractivity contribution in [3.8, 4) is 0 Å². The zero-order chi connectivity index (χ0) is 14.7. The Morgan fingerprint density at radius 3 is 2.55 bits per heavy atom. The van der Waals surface area contributed by atoms with E-state index in [0.717, 1.165) is 18.4 Å². The lowest BCUT2D eigenvalue weighted by atomic mass is 9.76. The summed E-state index contributed by atoms with van der Waals surface area (Å²) in [6.45, 7) is 3.63. The molecule has 2 aliphatic carbocycles. The van der Waals surface area contributed by atoms with Gasteiger partial charge in [-0.1, -0.05) is 31.2 Å². The van der Waals surface area contributed by atoms with Gasteiger partial charge in [0.2, 0.25) is 0 Å². The summed E-state index contributed by atoms with van der Waals surface area (Å²) in [5.41, 5.74) is 1.97. The Balaban J connectivity index is 2.31. The molecule has 0 heterocycles. The largest absolute Gasteiger partial charge is 0.309 e. The highest BCUT2D eigenvalue weighted by Crippen LogP contribution is 2.38. The van der Waals surface area contributed by atoms with Gasteiger partial charge in [0, 0.05) is 18.1 Å². The number of nitrogens with one attached hydrogen (secondary N) is 1. The molecular formula is C17H21F2N. The third-order valence-corrected chi connectivity index (χ3v) is 4.06. The molecule has 0 saturated heterocycles. The maximum Gasteiger partial charge on any atom is 0.157 e. The molecule has 3 heteroatoms. The second-order valence-electron chi connectivity index (χ2n) is 5.55. The number of allylic oxidation sites excluding steroid dienone is 8. The van der Waals surface area contributed by atoms with Gasteiger partial charge in [-0.05, 0) is 43.3 Å². The van der Waals surface area contributed by atoms with Crippen LogP contribution in [0.15, 0.2) is 47.1 Å². The molecule has 1 N–H and O–H groups in total. The molecule has 0 aromatic heterocycles. The van der Waals surface area contributed by atoms with Gasteiger partial charge in [0.15, 0.2) is 5.83 Å². The van der Waals surface area contributed by atoms with Crippen molar-refractivity contribution in [1.82, 2.24) is 0 Å². The fourth-order valence-electron chi connectivity index (χ4n) is 3.05. The molecule has 0 aromatic rings. The van der Waals surface area contributed by atoms with E-state index in [1.807, 2.05) is 13.0 Å². The molecule has 20 heavy (non-hydrogen) atoms. The Bertz CT molecular complexity index is 523. The van der Waals surface area contributed by atoms with Crippen LogP contribution in [-0.2, 0) is 0 Å². The standard InChI is InChI=1S/C17H21F2N/c1-11(14-9-6-10-15(18)17(14)19)16(12(2)20)13-7-4-3-5-8-13/h4,7-9,11,16,20H,3,5-6,10H2,1-2H3. The Labute approximate surface area is 119 Å². The SMILES string of the molecule is CC(=N)C(C1=CCCC=C1)C(C)C1=CCCC(F)=C1F. The molecule has 0 aliphatic heterocycles. The first-order valence-electron chi connectivity index (χ1n) is 7.18. The molecule has 0 bridgehead atoms. The zero-order valence-corrected chi connectivity index (χ0v) is 12.0. The fourth-order valence-corrected chi connectivity index (χ4v) is 3.05. The maximum atomic E-state index is 14.0. The molecule has 1 nitrogen and oxygen atoms in total. The first-order chi connectivity index (χ1) is 9.52. The molecule has 0 saturated carbocycles. The second-order valence-corrected chi connectivity index (χ2v) is 5.55. The first-order valence-corrected chi connectivity index (χ1v) is 7.18. The quantitative estimate of drug-likeness (QED) is 0.663. The van der Waals surface area contributed by atoms with Crippen LogP contribution in [0.25, 0.3) is 0 Å². The van der Waals surface area contributed by atoms with Crippen molar-refractivity contribution in [1.29, 1.82) is 5.41 Å². The third kappa shape index (κ3) is 2.97. The zero-order valence-electron chi connectivity index (χ0n) is 12.0. The Morgan fingerprint density at radius 1 is 1.20 bits per heavy atom. The van der Waals surface area contributed by atoms with Gasteiger partial charge in [-0.15, -0.1) is 0 Å². The van der Waals surface area contributed by atoms with Gasteiger partial charge in [0.1, 0.15) is 5.83 Å². The van der Waals surface area contributed by atoms with E-state index in [2.05, 4.69) is 12.2 Å². The van der Waals surface area contributed by atoms with E-state index < -0.39 is 11.7 Å². The number of halogens is 2. The van der Waals surface area contributed by atoms with Crippen LogP contribution in [0.1, 0.15) is 39.5 Å². The highest BCUT2D eigenvalue weighted by atomic mass is 19.2. The fraction of sp³-hybridized carbons (Fsp3) is 0.471. The van der Waals surface area contributed by atoms with Crippen molar-refractivity contribution in [2.45, 2.75) is 39.5 Å². The van der Waals surface area contributed by atoms with E-state index in [0.29, 0.717) is 17.7 Å². The molecule has 0 amide bonds. The summed E-state index contributed by atoms with van der Waals surface area (Å²) < 4.78 is 27.5. The summed E-state index contributed by atoms with van der Waals surface area (Å²) in [7, 11) is 0. The predicted molar refractivity (Wildman–Crippen MR) is 79.1 cm³/mol. The van der Waals surface area contributed by atoms with Gasteiger partial charge in [0.25, 0.3) is 0 Å². The minimum atomic E-state index is -0.713. The lowest BCUT2D eigenvalue weighted by Crippen LogP contribution is -2.24. The lowest BCUT2D eigenvalue weighted by Gasteiger charge is -2.28. The molecule has 0 fully saturated rings. The average Bonchev–Trinajstić information content (AvgIpc) is 2.42. The van der Waals surface area contributed by atoms with Crippen LogP contribution in [0.2, 0.25) is 0 Å². The maximum absolute atomic E-state index is 14.0. The van der Waals surface area contributed by atoms with Gasteiger partial charge in [-0.3, -0.25) is 0 Å². The Morgan fingerprint density at radius 2 is 1.95 bits per heavy atom. The van der Waals surface area contributed by atoms with E-state index in [-0.39, 0.29) is 18.3 Å². The summed E-state index contributed by atoms with van der Waals surface area (Å²) >= 11 is 0. The molecule has 0 spiro atoms. The van der Waals surface area contributed by atoms with Crippen molar-refractivity contribution < 1.29 is 8.78 Å². The monoisotopic (exact) mass is 277 g/mol. The van der Waals surface area contributed by atoms with E-state index in [1.165, 1.54) is 0 Å². The lowest BCUT2D eigenvalue weighted by molar-refractivity contribution is 0.469. The van der Waals surface area contributed by atoms with Gasteiger partial charge in [-0.2, -0.15) is 0 Å². The van der Waals surface area contributed by atoms with Crippen molar-refractivity contribution >= 4 is 5.71 Å². The summed E-state index contributed by atoms with van der Waals surface area (Å²) in [5.74, 6) is -1.75.